The maximum Gasteiger partial charge on any atom is 0.0262 e. The summed E-state index contributed by atoms with van der Waals surface area (Å²) < 4.78 is 0. The van der Waals surface area contributed by atoms with Crippen LogP contribution in [0.5, 0.6) is 0 Å². The summed E-state index contributed by atoms with van der Waals surface area (Å²) in [4.78, 5) is 0. The van der Waals surface area contributed by atoms with Crippen molar-refractivity contribution < 1.29 is 0 Å². The van der Waals surface area contributed by atoms with Gasteiger partial charge >= 0.3 is 0 Å². The quantitative estimate of drug-likeness (QED) is 0.640. The fourth-order valence-corrected chi connectivity index (χ4v) is 2.02. The van der Waals surface area contributed by atoms with Gasteiger partial charge in [-0.1, -0.05) is 48.0 Å². The first kappa shape index (κ1) is 9.54. The lowest BCUT2D eigenvalue weighted by Crippen LogP contribution is -1.92. The van der Waals surface area contributed by atoms with Crippen molar-refractivity contribution in [3.8, 4) is 0 Å². The third kappa shape index (κ3) is 1.76. The molecular formula is C13H13Cl. The molecule has 0 saturated carbocycles. The Morgan fingerprint density at radius 3 is 2.71 bits per heavy atom. The monoisotopic (exact) mass is 204 g/mol. The van der Waals surface area contributed by atoms with Crippen LogP contribution in [0.4, 0.5) is 0 Å². The lowest BCUT2D eigenvalue weighted by molar-refractivity contribution is 1.02. The van der Waals surface area contributed by atoms with Gasteiger partial charge in [0.15, 0.2) is 0 Å². The summed E-state index contributed by atoms with van der Waals surface area (Å²) in [6.07, 6.45) is 6.36. The molecule has 0 radical (unpaired) electrons. The molecule has 1 heteroatoms. The van der Waals surface area contributed by atoms with Crippen molar-refractivity contribution in [3.05, 3.63) is 52.6 Å². The molecule has 1 aliphatic carbocycles. The van der Waals surface area contributed by atoms with Gasteiger partial charge < -0.3 is 0 Å². The molecule has 1 aromatic carbocycles. The number of benzene rings is 1. The van der Waals surface area contributed by atoms with Gasteiger partial charge in [-0.15, -0.1) is 0 Å². The summed E-state index contributed by atoms with van der Waals surface area (Å²) >= 11 is 6.22. The van der Waals surface area contributed by atoms with E-state index < -0.39 is 0 Å². The van der Waals surface area contributed by atoms with Gasteiger partial charge in [0.25, 0.3) is 0 Å². The van der Waals surface area contributed by atoms with E-state index in [0.29, 0.717) is 0 Å². The maximum atomic E-state index is 6.22. The summed E-state index contributed by atoms with van der Waals surface area (Å²) in [5.41, 5.74) is 3.73. The first-order valence-electron chi connectivity index (χ1n) is 4.90. The van der Waals surface area contributed by atoms with Crippen LogP contribution in [0.2, 0.25) is 0 Å². The molecule has 0 aliphatic heterocycles. The van der Waals surface area contributed by atoms with E-state index in [-0.39, 0.29) is 0 Å². The first-order valence-corrected chi connectivity index (χ1v) is 5.28. The molecule has 0 amide bonds. The molecule has 2 rings (SSSR count). The van der Waals surface area contributed by atoms with Gasteiger partial charge in [-0.05, 0) is 36.5 Å². The fourth-order valence-electron chi connectivity index (χ4n) is 1.75. The van der Waals surface area contributed by atoms with E-state index in [2.05, 4.69) is 43.3 Å². The number of rotatable bonds is 1. The van der Waals surface area contributed by atoms with E-state index in [1.54, 1.807) is 0 Å². The van der Waals surface area contributed by atoms with Crippen molar-refractivity contribution in [2.24, 2.45) is 0 Å². The molecule has 0 fully saturated rings. The number of halogens is 1. The fraction of sp³-hybridized carbons (Fsp3) is 0.231. The third-order valence-electron chi connectivity index (χ3n) is 2.54. The van der Waals surface area contributed by atoms with Crippen molar-refractivity contribution in [2.75, 3.05) is 0 Å². The Labute approximate surface area is 89.9 Å². The van der Waals surface area contributed by atoms with Crippen LogP contribution >= 0.6 is 11.6 Å². The zero-order valence-corrected chi connectivity index (χ0v) is 9.01. The standard InChI is InChI=1S/C13H13Cl/c1-10-6-2-3-7-11(10)12-8-4-5-9-13(12)14/h2-4,6-8H,5,9H2,1H3. The number of hydrogen-bond acceptors (Lipinski definition) is 0. The van der Waals surface area contributed by atoms with E-state index in [0.717, 1.165) is 17.9 Å². The van der Waals surface area contributed by atoms with Gasteiger partial charge in [-0.3, -0.25) is 0 Å². The van der Waals surface area contributed by atoms with Crippen LogP contribution in [0.1, 0.15) is 24.0 Å². The van der Waals surface area contributed by atoms with Gasteiger partial charge in [0.05, 0.1) is 0 Å². The smallest absolute Gasteiger partial charge is 0.0262 e. The SMILES string of the molecule is Cc1ccccc1C1=C(Cl)CCC=C1. The first-order chi connectivity index (χ1) is 6.79. The van der Waals surface area contributed by atoms with E-state index in [9.17, 15) is 0 Å². The molecule has 0 nitrogen and oxygen atoms in total. The van der Waals surface area contributed by atoms with Gasteiger partial charge in [-0.2, -0.15) is 0 Å². The Bertz CT molecular complexity index is 399. The van der Waals surface area contributed by atoms with E-state index in [4.69, 9.17) is 11.6 Å². The maximum absolute atomic E-state index is 6.22. The van der Waals surface area contributed by atoms with Gasteiger partial charge in [0.2, 0.25) is 0 Å². The van der Waals surface area contributed by atoms with Crippen molar-refractivity contribution in [3.63, 3.8) is 0 Å². The van der Waals surface area contributed by atoms with Gasteiger partial charge in [0.1, 0.15) is 0 Å². The second kappa shape index (κ2) is 4.02. The Hall–Kier alpha value is -1.01. The zero-order chi connectivity index (χ0) is 9.97. The van der Waals surface area contributed by atoms with Crippen molar-refractivity contribution >= 4 is 17.2 Å². The molecule has 0 bridgehead atoms. The minimum atomic E-state index is 0.974. The number of hydrogen-bond donors (Lipinski definition) is 0. The molecule has 1 aromatic rings. The summed E-state index contributed by atoms with van der Waals surface area (Å²) in [6, 6.07) is 8.36. The topological polar surface area (TPSA) is 0 Å². The van der Waals surface area contributed by atoms with Crippen LogP contribution in [-0.4, -0.2) is 0 Å². The highest BCUT2D eigenvalue weighted by atomic mass is 35.5. The summed E-state index contributed by atoms with van der Waals surface area (Å²) in [6.45, 7) is 2.12. The molecule has 0 heterocycles. The number of aryl methyl sites for hydroxylation is 1. The Morgan fingerprint density at radius 1 is 1.21 bits per heavy atom. The lowest BCUT2D eigenvalue weighted by Gasteiger charge is -2.12. The summed E-state index contributed by atoms with van der Waals surface area (Å²) in [5, 5.41) is 0.988. The Kier molecular flexibility index (Phi) is 2.74. The van der Waals surface area contributed by atoms with Gasteiger partial charge in [0, 0.05) is 5.03 Å². The van der Waals surface area contributed by atoms with Crippen LogP contribution in [-0.2, 0) is 0 Å². The Morgan fingerprint density at radius 2 is 2.00 bits per heavy atom. The highest BCUT2D eigenvalue weighted by Crippen LogP contribution is 2.31. The van der Waals surface area contributed by atoms with Crippen LogP contribution in [0, 0.1) is 6.92 Å². The summed E-state index contributed by atoms with van der Waals surface area (Å²) in [7, 11) is 0. The number of allylic oxidation sites excluding steroid dienone is 4. The van der Waals surface area contributed by atoms with E-state index >= 15 is 0 Å². The zero-order valence-electron chi connectivity index (χ0n) is 8.26. The molecular weight excluding hydrogens is 192 g/mol. The molecule has 1 aliphatic rings. The largest absolute Gasteiger partial charge is 0.0885 e. The van der Waals surface area contributed by atoms with Crippen molar-refractivity contribution in [1.82, 2.24) is 0 Å². The molecule has 0 atom stereocenters. The van der Waals surface area contributed by atoms with Crippen molar-refractivity contribution in [2.45, 2.75) is 19.8 Å². The average Bonchev–Trinajstić information content (AvgIpc) is 2.20. The third-order valence-corrected chi connectivity index (χ3v) is 2.94. The van der Waals surface area contributed by atoms with Crippen LogP contribution in [0.15, 0.2) is 41.4 Å². The average molecular weight is 205 g/mol. The molecule has 0 aromatic heterocycles. The molecule has 0 unspecified atom stereocenters. The molecule has 0 saturated heterocycles. The normalized spacial score (nSPS) is 16.1. The van der Waals surface area contributed by atoms with Crippen LogP contribution in [0.3, 0.4) is 0 Å². The van der Waals surface area contributed by atoms with E-state index in [1.165, 1.54) is 16.7 Å². The second-order valence-corrected chi connectivity index (χ2v) is 4.03. The molecule has 72 valence electrons. The molecule has 14 heavy (non-hydrogen) atoms. The summed E-state index contributed by atoms with van der Waals surface area (Å²) in [5.74, 6) is 0. The predicted molar refractivity (Wildman–Crippen MR) is 62.3 cm³/mol. The highest BCUT2D eigenvalue weighted by molar-refractivity contribution is 6.33. The molecule has 0 spiro atoms. The molecule has 0 N–H and O–H groups in total. The Balaban J connectivity index is 2.49. The minimum absolute atomic E-state index is 0.974. The highest BCUT2D eigenvalue weighted by Gasteiger charge is 2.09. The minimum Gasteiger partial charge on any atom is -0.0885 e. The second-order valence-electron chi connectivity index (χ2n) is 3.57. The van der Waals surface area contributed by atoms with Crippen LogP contribution < -0.4 is 0 Å². The van der Waals surface area contributed by atoms with Gasteiger partial charge in [-0.25, -0.2) is 0 Å². The van der Waals surface area contributed by atoms with Crippen LogP contribution in [0.25, 0.3) is 5.57 Å². The van der Waals surface area contributed by atoms with Crippen molar-refractivity contribution in [1.29, 1.82) is 0 Å². The van der Waals surface area contributed by atoms with E-state index in [1.807, 2.05) is 0 Å². The predicted octanol–water partition coefficient (Wildman–Crippen LogP) is 4.29. The lowest BCUT2D eigenvalue weighted by atomic mass is 9.96.